The average molecular weight is 342 g/mol. The van der Waals surface area contributed by atoms with Gasteiger partial charge in [0.1, 0.15) is 11.3 Å². The molecule has 3 aromatic carbocycles. The van der Waals surface area contributed by atoms with E-state index in [4.69, 9.17) is 16.7 Å². The second-order valence-electron chi connectivity index (χ2n) is 5.13. The molecule has 0 aliphatic rings. The lowest BCUT2D eigenvalue weighted by atomic mass is 10.0. The van der Waals surface area contributed by atoms with Crippen molar-refractivity contribution in [2.45, 2.75) is 0 Å². The minimum Gasteiger partial charge on any atom is -0.507 e. The average Bonchev–Trinajstić information content (AvgIpc) is 2.54. The normalized spacial score (nSPS) is 10.5. The molecule has 0 aliphatic heterocycles. The van der Waals surface area contributed by atoms with Crippen LogP contribution in [-0.4, -0.2) is 22.1 Å². The zero-order valence-corrected chi connectivity index (χ0v) is 13.0. The number of aromatic hydroxyl groups is 1. The molecular formula is C18H12ClNO4. The van der Waals surface area contributed by atoms with Crippen molar-refractivity contribution >= 4 is 39.9 Å². The summed E-state index contributed by atoms with van der Waals surface area (Å²) < 4.78 is 0. The van der Waals surface area contributed by atoms with Crippen LogP contribution in [0.4, 0.5) is 5.69 Å². The maximum Gasteiger partial charge on any atom is 0.339 e. The fourth-order valence-electron chi connectivity index (χ4n) is 2.46. The molecule has 0 radical (unpaired) electrons. The van der Waals surface area contributed by atoms with E-state index < -0.39 is 11.7 Å². The third kappa shape index (κ3) is 2.89. The molecule has 0 heterocycles. The molecule has 0 saturated carbocycles. The Bertz CT molecular complexity index is 968. The fraction of sp³-hybridized carbons (Fsp3) is 0. The summed E-state index contributed by atoms with van der Waals surface area (Å²) in [6.45, 7) is 0. The first-order valence-electron chi connectivity index (χ1n) is 7.02. The van der Waals surface area contributed by atoms with Gasteiger partial charge in [-0.1, -0.05) is 35.9 Å². The van der Waals surface area contributed by atoms with E-state index in [0.29, 0.717) is 21.7 Å². The molecule has 5 nitrogen and oxygen atoms in total. The van der Waals surface area contributed by atoms with E-state index >= 15 is 0 Å². The van der Waals surface area contributed by atoms with E-state index in [9.17, 15) is 14.7 Å². The number of carbonyl (C=O) groups is 2. The van der Waals surface area contributed by atoms with E-state index in [1.807, 2.05) is 6.07 Å². The molecule has 0 aromatic heterocycles. The maximum absolute atomic E-state index is 12.5. The van der Waals surface area contributed by atoms with Gasteiger partial charge in [-0.3, -0.25) is 4.79 Å². The second kappa shape index (κ2) is 6.22. The number of carboxylic acids is 1. The van der Waals surface area contributed by atoms with E-state index in [0.717, 1.165) is 5.39 Å². The Balaban J connectivity index is 1.95. The number of amides is 1. The zero-order valence-electron chi connectivity index (χ0n) is 12.3. The van der Waals surface area contributed by atoms with Crippen molar-refractivity contribution < 1.29 is 19.8 Å². The van der Waals surface area contributed by atoms with Crippen LogP contribution in [0.1, 0.15) is 20.7 Å². The summed E-state index contributed by atoms with van der Waals surface area (Å²) in [6.07, 6.45) is 0. The number of fused-ring (bicyclic) bond motifs is 1. The molecular weight excluding hydrogens is 330 g/mol. The Morgan fingerprint density at radius 3 is 2.33 bits per heavy atom. The molecule has 0 bridgehead atoms. The number of carboxylic acid groups (broad SMARTS) is 1. The van der Waals surface area contributed by atoms with Gasteiger partial charge in [-0.15, -0.1) is 0 Å². The summed E-state index contributed by atoms with van der Waals surface area (Å²) in [4.78, 5) is 23.4. The Kier molecular flexibility index (Phi) is 4.10. The number of benzene rings is 3. The third-order valence-corrected chi connectivity index (χ3v) is 3.93. The van der Waals surface area contributed by atoms with Gasteiger partial charge in [0, 0.05) is 27.7 Å². The summed E-state index contributed by atoms with van der Waals surface area (Å²) in [5, 5.41) is 23.3. The molecule has 3 rings (SSSR count). The van der Waals surface area contributed by atoms with Crippen LogP contribution in [-0.2, 0) is 0 Å². The first-order valence-corrected chi connectivity index (χ1v) is 7.40. The molecule has 6 heteroatoms. The van der Waals surface area contributed by atoms with Gasteiger partial charge >= 0.3 is 5.97 Å². The van der Waals surface area contributed by atoms with Gasteiger partial charge in [0.25, 0.3) is 5.91 Å². The quantitative estimate of drug-likeness (QED) is 0.668. The molecule has 0 atom stereocenters. The van der Waals surface area contributed by atoms with Gasteiger partial charge in [0.15, 0.2) is 0 Å². The number of rotatable bonds is 3. The Labute approximate surface area is 142 Å². The molecule has 0 saturated heterocycles. The van der Waals surface area contributed by atoms with Gasteiger partial charge in [0.2, 0.25) is 0 Å². The fourth-order valence-corrected chi connectivity index (χ4v) is 2.70. The molecule has 3 N–H and O–H groups in total. The Morgan fingerprint density at radius 2 is 1.62 bits per heavy atom. The number of hydrogen-bond donors (Lipinski definition) is 3. The molecule has 1 amide bonds. The number of nitrogens with one attached hydrogen (secondary N) is 1. The van der Waals surface area contributed by atoms with Gasteiger partial charge in [-0.25, -0.2) is 4.79 Å². The predicted molar refractivity (Wildman–Crippen MR) is 92.0 cm³/mol. The van der Waals surface area contributed by atoms with Crippen LogP contribution in [0.3, 0.4) is 0 Å². The largest absolute Gasteiger partial charge is 0.507 e. The number of anilines is 1. The Morgan fingerprint density at radius 1 is 0.917 bits per heavy atom. The SMILES string of the molecule is O=C(O)c1ccc(NC(=O)c2cccc3c(Cl)cccc23)cc1O. The molecule has 0 spiro atoms. The first-order chi connectivity index (χ1) is 11.5. The van der Waals surface area contributed by atoms with Crippen molar-refractivity contribution in [1.29, 1.82) is 0 Å². The molecule has 0 aliphatic carbocycles. The van der Waals surface area contributed by atoms with Crippen molar-refractivity contribution in [2.75, 3.05) is 5.32 Å². The summed E-state index contributed by atoms with van der Waals surface area (Å²) in [7, 11) is 0. The molecule has 24 heavy (non-hydrogen) atoms. The van der Waals surface area contributed by atoms with E-state index in [1.54, 1.807) is 30.3 Å². The van der Waals surface area contributed by atoms with Crippen LogP contribution in [0.15, 0.2) is 54.6 Å². The van der Waals surface area contributed by atoms with Crippen LogP contribution in [0.25, 0.3) is 10.8 Å². The highest BCUT2D eigenvalue weighted by atomic mass is 35.5. The zero-order chi connectivity index (χ0) is 17.3. The molecule has 3 aromatic rings. The van der Waals surface area contributed by atoms with Gasteiger partial charge in [0.05, 0.1) is 0 Å². The van der Waals surface area contributed by atoms with Crippen molar-refractivity contribution in [3.05, 3.63) is 70.7 Å². The van der Waals surface area contributed by atoms with Crippen LogP contribution < -0.4 is 5.32 Å². The number of carbonyl (C=O) groups excluding carboxylic acids is 1. The molecule has 0 unspecified atom stereocenters. The predicted octanol–water partition coefficient (Wildman–Crippen LogP) is 4.15. The lowest BCUT2D eigenvalue weighted by Crippen LogP contribution is -2.12. The van der Waals surface area contributed by atoms with Crippen molar-refractivity contribution in [1.82, 2.24) is 0 Å². The number of phenols is 1. The monoisotopic (exact) mass is 341 g/mol. The van der Waals surface area contributed by atoms with Gasteiger partial charge < -0.3 is 15.5 Å². The third-order valence-electron chi connectivity index (χ3n) is 3.60. The topological polar surface area (TPSA) is 86.6 Å². The van der Waals surface area contributed by atoms with Crippen molar-refractivity contribution in [3.8, 4) is 5.75 Å². The minimum atomic E-state index is -1.24. The molecule has 0 fully saturated rings. The van der Waals surface area contributed by atoms with E-state index in [1.165, 1.54) is 18.2 Å². The van der Waals surface area contributed by atoms with Crippen molar-refractivity contribution in [3.63, 3.8) is 0 Å². The molecule has 120 valence electrons. The summed E-state index contributed by atoms with van der Waals surface area (Å²) >= 11 is 6.14. The van der Waals surface area contributed by atoms with Gasteiger partial charge in [-0.05, 0) is 29.7 Å². The highest BCUT2D eigenvalue weighted by Gasteiger charge is 2.14. The smallest absolute Gasteiger partial charge is 0.339 e. The number of halogens is 1. The van der Waals surface area contributed by atoms with Crippen LogP contribution >= 0.6 is 11.6 Å². The van der Waals surface area contributed by atoms with Crippen LogP contribution in [0.2, 0.25) is 5.02 Å². The Hall–Kier alpha value is -3.05. The van der Waals surface area contributed by atoms with Gasteiger partial charge in [-0.2, -0.15) is 0 Å². The lowest BCUT2D eigenvalue weighted by molar-refractivity contribution is 0.0693. The van der Waals surface area contributed by atoms with Crippen LogP contribution in [0.5, 0.6) is 5.75 Å². The second-order valence-corrected chi connectivity index (χ2v) is 5.54. The number of hydrogen-bond acceptors (Lipinski definition) is 3. The number of aromatic carboxylic acids is 1. The van der Waals surface area contributed by atoms with E-state index in [-0.39, 0.29) is 11.5 Å². The minimum absolute atomic E-state index is 0.232. The highest BCUT2D eigenvalue weighted by Crippen LogP contribution is 2.27. The lowest BCUT2D eigenvalue weighted by Gasteiger charge is -2.10. The van der Waals surface area contributed by atoms with Crippen LogP contribution in [0, 0.1) is 0 Å². The summed E-state index contributed by atoms with van der Waals surface area (Å²) in [6, 6.07) is 14.4. The first kappa shape index (κ1) is 15.8. The summed E-state index contributed by atoms with van der Waals surface area (Å²) in [5.74, 6) is -2.04. The standard InChI is InChI=1S/C18H12ClNO4/c19-15-6-2-3-11-12(15)4-1-5-13(11)17(22)20-10-7-8-14(18(23)24)16(21)9-10/h1-9,21H,(H,20,22)(H,23,24). The maximum atomic E-state index is 12.5. The summed E-state index contributed by atoms with van der Waals surface area (Å²) in [5.41, 5.74) is 0.489. The van der Waals surface area contributed by atoms with E-state index in [2.05, 4.69) is 5.32 Å². The van der Waals surface area contributed by atoms with Crippen molar-refractivity contribution in [2.24, 2.45) is 0 Å². The highest BCUT2D eigenvalue weighted by molar-refractivity contribution is 6.36.